The second-order valence-electron chi connectivity index (χ2n) is 7.11. The summed E-state index contributed by atoms with van der Waals surface area (Å²) in [7, 11) is 0. The summed E-state index contributed by atoms with van der Waals surface area (Å²) in [5.74, 6) is 6.47. The quantitative estimate of drug-likeness (QED) is 0.581. The smallest absolute Gasteiger partial charge is 0.332 e. The lowest BCUT2D eigenvalue weighted by Gasteiger charge is -2.44. The molecule has 0 unspecified atom stereocenters. The highest BCUT2D eigenvalue weighted by Crippen LogP contribution is 2.45. The molecule has 4 nitrogen and oxygen atoms in total. The van der Waals surface area contributed by atoms with Gasteiger partial charge in [0.25, 0.3) is 0 Å². The van der Waals surface area contributed by atoms with Gasteiger partial charge in [-0.2, -0.15) is 0 Å². The van der Waals surface area contributed by atoms with E-state index in [4.69, 9.17) is 4.74 Å². The lowest BCUT2D eigenvalue weighted by Crippen LogP contribution is -2.55. The number of piperidine rings is 1. The summed E-state index contributed by atoms with van der Waals surface area (Å²) in [5.41, 5.74) is 1.50. The predicted octanol–water partition coefficient (Wildman–Crippen LogP) is 2.76. The average Bonchev–Trinajstić information content (AvgIpc) is 2.93. The van der Waals surface area contributed by atoms with Crippen molar-refractivity contribution in [2.75, 3.05) is 32.7 Å². The Morgan fingerprint density at radius 1 is 1.32 bits per heavy atom. The fraction of sp³-hybridized carbons (Fsp3) is 0.667. The van der Waals surface area contributed by atoms with Gasteiger partial charge in [-0.25, -0.2) is 4.79 Å². The van der Waals surface area contributed by atoms with Gasteiger partial charge in [-0.1, -0.05) is 45.1 Å². The Kier molecular flexibility index (Phi) is 5.66. The third-order valence-electron chi connectivity index (χ3n) is 5.92. The number of nitrogens with zero attached hydrogens (tertiary/aromatic N) is 2. The topological polar surface area (TPSA) is 32.8 Å². The van der Waals surface area contributed by atoms with E-state index in [1.54, 1.807) is 6.08 Å². The first-order valence-corrected chi connectivity index (χ1v) is 9.75. The maximum Gasteiger partial charge on any atom is 0.332 e. The van der Waals surface area contributed by atoms with Crippen molar-refractivity contribution in [3.63, 3.8) is 0 Å². The van der Waals surface area contributed by atoms with Crippen LogP contribution in [0, 0.1) is 11.8 Å². The zero-order valence-corrected chi connectivity index (χ0v) is 15.8. The molecule has 0 spiro atoms. The Labute approximate surface area is 151 Å². The van der Waals surface area contributed by atoms with E-state index in [1.807, 2.05) is 0 Å². The fourth-order valence-corrected chi connectivity index (χ4v) is 4.42. The molecule has 0 aliphatic carbocycles. The minimum atomic E-state index is -0.510. The minimum Gasteiger partial charge on any atom is -0.449 e. The number of ether oxygens (including phenoxy) is 1. The molecule has 4 heteroatoms. The van der Waals surface area contributed by atoms with E-state index >= 15 is 0 Å². The molecule has 0 aromatic rings. The van der Waals surface area contributed by atoms with Crippen LogP contribution in [0.2, 0.25) is 0 Å². The van der Waals surface area contributed by atoms with E-state index < -0.39 is 5.60 Å². The molecule has 0 bridgehead atoms. The summed E-state index contributed by atoms with van der Waals surface area (Å²) in [6.45, 7) is 11.2. The maximum atomic E-state index is 12.2. The molecule has 3 heterocycles. The number of hydrogen-bond acceptors (Lipinski definition) is 4. The molecule has 25 heavy (non-hydrogen) atoms. The van der Waals surface area contributed by atoms with E-state index in [0.717, 1.165) is 56.7 Å². The largest absolute Gasteiger partial charge is 0.449 e. The zero-order valence-electron chi connectivity index (χ0n) is 15.8. The van der Waals surface area contributed by atoms with Crippen LogP contribution in [0.15, 0.2) is 23.3 Å². The van der Waals surface area contributed by atoms with Crippen molar-refractivity contribution < 1.29 is 9.53 Å². The molecular weight excluding hydrogens is 312 g/mol. The summed E-state index contributed by atoms with van der Waals surface area (Å²) in [6, 6.07) is 0.280. The number of esters is 1. The van der Waals surface area contributed by atoms with E-state index in [-0.39, 0.29) is 12.0 Å². The van der Waals surface area contributed by atoms with Crippen LogP contribution in [0.3, 0.4) is 0 Å². The van der Waals surface area contributed by atoms with Gasteiger partial charge in [-0.3, -0.25) is 9.80 Å². The molecule has 1 fully saturated rings. The highest BCUT2D eigenvalue weighted by atomic mass is 16.6. The average molecular weight is 342 g/mol. The molecule has 0 amide bonds. The van der Waals surface area contributed by atoms with Crippen molar-refractivity contribution >= 4 is 5.97 Å². The molecule has 136 valence electrons. The first-order valence-electron chi connectivity index (χ1n) is 9.75. The summed E-state index contributed by atoms with van der Waals surface area (Å²) >= 11 is 0. The van der Waals surface area contributed by atoms with Crippen LogP contribution in [-0.2, 0) is 9.53 Å². The number of rotatable bonds is 4. The Bertz CT molecular complexity index is 636. The van der Waals surface area contributed by atoms with Gasteiger partial charge in [0, 0.05) is 23.8 Å². The van der Waals surface area contributed by atoms with Crippen LogP contribution in [0.5, 0.6) is 0 Å². The van der Waals surface area contributed by atoms with E-state index in [2.05, 4.69) is 48.5 Å². The van der Waals surface area contributed by atoms with Crippen LogP contribution < -0.4 is 0 Å². The fourth-order valence-electron chi connectivity index (χ4n) is 4.42. The molecule has 0 N–H and O–H groups in total. The summed E-state index contributed by atoms with van der Waals surface area (Å²) < 4.78 is 5.96. The molecule has 1 saturated heterocycles. The van der Waals surface area contributed by atoms with Gasteiger partial charge >= 0.3 is 5.97 Å². The number of fused-ring (bicyclic) bond motifs is 3. The van der Waals surface area contributed by atoms with Crippen molar-refractivity contribution in [2.24, 2.45) is 0 Å². The lowest BCUT2D eigenvalue weighted by molar-refractivity contribution is -0.153. The Balaban J connectivity index is 1.93. The van der Waals surface area contributed by atoms with E-state index in [9.17, 15) is 4.79 Å². The van der Waals surface area contributed by atoms with Gasteiger partial charge in [-0.15, -0.1) is 0 Å². The molecule has 3 rings (SSSR count). The highest BCUT2D eigenvalue weighted by molar-refractivity contribution is 5.89. The van der Waals surface area contributed by atoms with Crippen LogP contribution in [0.25, 0.3) is 0 Å². The van der Waals surface area contributed by atoms with Crippen molar-refractivity contribution in [2.45, 2.75) is 58.1 Å². The van der Waals surface area contributed by atoms with Gasteiger partial charge in [0.15, 0.2) is 5.60 Å². The van der Waals surface area contributed by atoms with E-state index in [0.29, 0.717) is 0 Å². The van der Waals surface area contributed by atoms with E-state index in [1.165, 1.54) is 12.8 Å². The summed E-state index contributed by atoms with van der Waals surface area (Å²) in [5, 5.41) is 0. The van der Waals surface area contributed by atoms with Gasteiger partial charge in [0.1, 0.15) is 0 Å². The first-order chi connectivity index (χ1) is 12.1. The van der Waals surface area contributed by atoms with Gasteiger partial charge in [-0.05, 0) is 38.9 Å². The molecular formula is C21H30N2O2. The second kappa shape index (κ2) is 7.76. The zero-order chi connectivity index (χ0) is 17.9. The third kappa shape index (κ3) is 3.41. The third-order valence-corrected chi connectivity index (χ3v) is 5.92. The van der Waals surface area contributed by atoms with Crippen molar-refractivity contribution in [3.8, 4) is 11.8 Å². The monoisotopic (exact) mass is 342 g/mol. The SMILES string of the molecule is CCN(CC)CC#CC1=CCN2CCCC[C@@H]2[C@@]2(CC)OC(=O)C=C12. The van der Waals surface area contributed by atoms with Gasteiger partial charge in [0.05, 0.1) is 12.6 Å². The second-order valence-corrected chi connectivity index (χ2v) is 7.11. The van der Waals surface area contributed by atoms with Crippen molar-refractivity contribution in [1.29, 1.82) is 0 Å². The Hall–Kier alpha value is -1.57. The van der Waals surface area contributed by atoms with Crippen LogP contribution in [-0.4, -0.2) is 60.1 Å². The maximum absolute atomic E-state index is 12.2. The molecule has 0 radical (unpaired) electrons. The first kappa shape index (κ1) is 18.2. The molecule has 2 atom stereocenters. The number of carbonyl (C=O) groups excluding carboxylic acids is 1. The number of carbonyl (C=O) groups is 1. The molecule has 0 aromatic heterocycles. The summed E-state index contributed by atoms with van der Waals surface area (Å²) in [6.07, 6.45) is 8.22. The highest BCUT2D eigenvalue weighted by Gasteiger charge is 2.52. The van der Waals surface area contributed by atoms with Gasteiger partial charge in [0.2, 0.25) is 0 Å². The van der Waals surface area contributed by atoms with Crippen molar-refractivity contribution in [1.82, 2.24) is 9.80 Å². The van der Waals surface area contributed by atoms with Crippen LogP contribution in [0.1, 0.15) is 46.5 Å². The van der Waals surface area contributed by atoms with Crippen LogP contribution >= 0.6 is 0 Å². The summed E-state index contributed by atoms with van der Waals surface area (Å²) in [4.78, 5) is 17.0. The molecule has 3 aliphatic rings. The number of hydrogen-bond donors (Lipinski definition) is 0. The minimum absolute atomic E-state index is 0.208. The van der Waals surface area contributed by atoms with Gasteiger partial charge < -0.3 is 4.74 Å². The van der Waals surface area contributed by atoms with Crippen molar-refractivity contribution in [3.05, 3.63) is 23.3 Å². The Morgan fingerprint density at radius 2 is 2.12 bits per heavy atom. The standard InChI is InChI=1S/C21H30N2O2/c1-4-21-18(16-20(24)25-21)17(10-9-13-22(5-2)6-3)12-15-23-14-8-7-11-19(21)23/h12,16,19H,4-8,11,13-15H2,1-3H3/t19-,21+/m1/s1. The molecule has 0 aromatic carbocycles. The Morgan fingerprint density at radius 3 is 2.84 bits per heavy atom. The normalized spacial score (nSPS) is 29.0. The van der Waals surface area contributed by atoms with Crippen LogP contribution in [0.4, 0.5) is 0 Å². The lowest BCUT2D eigenvalue weighted by atomic mass is 9.78. The predicted molar refractivity (Wildman–Crippen MR) is 100 cm³/mol. The molecule has 0 saturated carbocycles. The molecule has 3 aliphatic heterocycles.